The lowest BCUT2D eigenvalue weighted by atomic mass is 9.95. The molecule has 0 rings (SSSR count). The minimum atomic E-state index is -0.643. The van der Waals surface area contributed by atoms with E-state index in [1.807, 2.05) is 0 Å². The van der Waals surface area contributed by atoms with Gasteiger partial charge in [-0.15, -0.1) is 0 Å². The number of esters is 2. The van der Waals surface area contributed by atoms with Gasteiger partial charge in [0.1, 0.15) is 23.4 Å². The van der Waals surface area contributed by atoms with Crippen LogP contribution in [0, 0.1) is 11.8 Å². The fourth-order valence-electron chi connectivity index (χ4n) is 2.86. The lowest BCUT2D eigenvalue weighted by Crippen LogP contribution is -2.24. The van der Waals surface area contributed by atoms with Crippen molar-refractivity contribution in [1.29, 1.82) is 0 Å². The van der Waals surface area contributed by atoms with Crippen LogP contribution in [0.15, 0.2) is 0 Å². The number of ketones is 2. The summed E-state index contributed by atoms with van der Waals surface area (Å²) in [5.74, 6) is -2.41. The maximum atomic E-state index is 11.7. The van der Waals surface area contributed by atoms with Crippen molar-refractivity contribution in [3.63, 3.8) is 0 Å². The zero-order valence-electron chi connectivity index (χ0n) is 16.7. The minimum absolute atomic E-state index is 0.141. The van der Waals surface area contributed by atoms with Gasteiger partial charge in [0.25, 0.3) is 0 Å². The zero-order chi connectivity index (χ0) is 19.9. The highest BCUT2D eigenvalue weighted by Gasteiger charge is 2.24. The van der Waals surface area contributed by atoms with Crippen LogP contribution in [0.5, 0.6) is 0 Å². The Morgan fingerprint density at radius 3 is 1.19 bits per heavy atom. The molecule has 0 bridgehead atoms. The summed E-state index contributed by atoms with van der Waals surface area (Å²) in [6.07, 6.45) is 6.56. The summed E-state index contributed by atoms with van der Waals surface area (Å²) in [5, 5.41) is 0. The van der Waals surface area contributed by atoms with E-state index in [-0.39, 0.29) is 24.8 Å². The lowest BCUT2D eigenvalue weighted by Gasteiger charge is -2.13. The van der Waals surface area contributed by atoms with Crippen LogP contribution >= 0.6 is 0 Å². The summed E-state index contributed by atoms with van der Waals surface area (Å²) < 4.78 is 9.86. The summed E-state index contributed by atoms with van der Waals surface area (Å²) >= 11 is 0. The van der Waals surface area contributed by atoms with Crippen LogP contribution in [0.2, 0.25) is 0 Å². The van der Waals surface area contributed by atoms with Crippen molar-refractivity contribution in [2.75, 3.05) is 13.2 Å². The largest absolute Gasteiger partial charge is 0.465 e. The molecular weight excluding hydrogens is 336 g/mol. The van der Waals surface area contributed by atoms with E-state index in [1.165, 1.54) is 13.8 Å². The molecule has 0 heterocycles. The molecule has 0 aromatic rings. The Labute approximate surface area is 157 Å². The van der Waals surface area contributed by atoms with Crippen molar-refractivity contribution in [3.05, 3.63) is 0 Å². The first-order valence-corrected chi connectivity index (χ1v) is 9.69. The van der Waals surface area contributed by atoms with Gasteiger partial charge in [-0.3, -0.25) is 19.2 Å². The second kappa shape index (κ2) is 14.4. The van der Waals surface area contributed by atoms with E-state index in [0.29, 0.717) is 12.8 Å². The zero-order valence-corrected chi connectivity index (χ0v) is 16.7. The van der Waals surface area contributed by atoms with E-state index in [4.69, 9.17) is 9.47 Å². The summed E-state index contributed by atoms with van der Waals surface area (Å²) in [5.41, 5.74) is 0. The molecule has 0 saturated heterocycles. The van der Waals surface area contributed by atoms with Gasteiger partial charge in [0.2, 0.25) is 0 Å². The Kier molecular flexibility index (Phi) is 13.5. The van der Waals surface area contributed by atoms with E-state index in [0.717, 1.165) is 38.5 Å². The SMILES string of the molecule is CCOC(=O)C(CCCCCCCCC(C(C)=O)C(=O)OCC)C(C)=O. The molecule has 26 heavy (non-hydrogen) atoms. The molecule has 2 atom stereocenters. The first-order chi connectivity index (χ1) is 12.3. The Bertz CT molecular complexity index is 415. The van der Waals surface area contributed by atoms with Crippen molar-refractivity contribution in [3.8, 4) is 0 Å². The standard InChI is InChI=1S/C20H34O6/c1-5-25-19(23)17(15(3)21)13-11-9-7-8-10-12-14-18(16(4)22)20(24)26-6-2/h17-18H,5-14H2,1-4H3. The molecule has 0 radical (unpaired) electrons. The van der Waals surface area contributed by atoms with E-state index in [9.17, 15) is 19.2 Å². The Balaban J connectivity index is 3.92. The van der Waals surface area contributed by atoms with Crippen molar-refractivity contribution in [2.24, 2.45) is 11.8 Å². The van der Waals surface area contributed by atoms with Gasteiger partial charge >= 0.3 is 11.9 Å². The van der Waals surface area contributed by atoms with Crippen LogP contribution in [-0.4, -0.2) is 36.7 Å². The molecular formula is C20H34O6. The van der Waals surface area contributed by atoms with Gasteiger partial charge in [0.05, 0.1) is 13.2 Å². The third-order valence-corrected chi connectivity index (χ3v) is 4.36. The quantitative estimate of drug-likeness (QED) is 0.248. The molecule has 0 fully saturated rings. The topological polar surface area (TPSA) is 86.7 Å². The second-order valence-electron chi connectivity index (χ2n) is 6.53. The number of Topliss-reactive ketones (excluding diaryl/α,β-unsaturated/α-hetero) is 2. The molecule has 0 amide bonds. The average molecular weight is 370 g/mol. The molecule has 0 spiro atoms. The summed E-state index contributed by atoms with van der Waals surface area (Å²) in [6.45, 7) is 6.89. The van der Waals surface area contributed by atoms with Crippen molar-refractivity contribution in [1.82, 2.24) is 0 Å². The fraction of sp³-hybridized carbons (Fsp3) is 0.800. The van der Waals surface area contributed by atoms with Crippen LogP contribution in [0.3, 0.4) is 0 Å². The predicted octanol–water partition coefficient (Wildman–Crippen LogP) is 3.64. The van der Waals surface area contributed by atoms with Crippen LogP contribution in [0.4, 0.5) is 0 Å². The average Bonchev–Trinajstić information content (AvgIpc) is 2.56. The fourth-order valence-corrected chi connectivity index (χ4v) is 2.86. The molecule has 6 heteroatoms. The van der Waals surface area contributed by atoms with E-state index in [2.05, 4.69) is 0 Å². The van der Waals surface area contributed by atoms with Crippen molar-refractivity contribution in [2.45, 2.75) is 79.1 Å². The highest BCUT2D eigenvalue weighted by atomic mass is 16.5. The van der Waals surface area contributed by atoms with Gasteiger partial charge in [0, 0.05) is 0 Å². The summed E-state index contributed by atoms with van der Waals surface area (Å²) in [4.78, 5) is 46.4. The molecule has 0 aliphatic rings. The Hall–Kier alpha value is -1.72. The number of hydrogen-bond donors (Lipinski definition) is 0. The molecule has 0 N–H and O–H groups in total. The third kappa shape index (κ3) is 10.3. The molecule has 0 aromatic heterocycles. The van der Waals surface area contributed by atoms with Crippen molar-refractivity contribution < 1.29 is 28.7 Å². The van der Waals surface area contributed by atoms with Gasteiger partial charge in [0.15, 0.2) is 0 Å². The van der Waals surface area contributed by atoms with Gasteiger partial charge in [-0.05, 0) is 40.5 Å². The predicted molar refractivity (Wildman–Crippen MR) is 98.5 cm³/mol. The molecule has 0 saturated carbocycles. The highest BCUT2D eigenvalue weighted by Crippen LogP contribution is 2.17. The number of rotatable bonds is 15. The lowest BCUT2D eigenvalue weighted by molar-refractivity contribution is -0.153. The van der Waals surface area contributed by atoms with Gasteiger partial charge < -0.3 is 9.47 Å². The van der Waals surface area contributed by atoms with E-state index < -0.39 is 23.8 Å². The molecule has 6 nitrogen and oxygen atoms in total. The minimum Gasteiger partial charge on any atom is -0.465 e. The van der Waals surface area contributed by atoms with Crippen LogP contribution < -0.4 is 0 Å². The van der Waals surface area contributed by atoms with Crippen LogP contribution in [-0.2, 0) is 28.7 Å². The molecule has 150 valence electrons. The molecule has 0 aliphatic carbocycles. The second-order valence-corrected chi connectivity index (χ2v) is 6.53. The summed E-state index contributed by atoms with van der Waals surface area (Å²) in [6, 6.07) is 0. The van der Waals surface area contributed by atoms with Gasteiger partial charge in [-0.1, -0.05) is 38.5 Å². The van der Waals surface area contributed by atoms with E-state index in [1.54, 1.807) is 13.8 Å². The Morgan fingerprint density at radius 2 is 0.923 bits per heavy atom. The highest BCUT2D eigenvalue weighted by molar-refractivity contribution is 5.98. The third-order valence-electron chi connectivity index (χ3n) is 4.36. The van der Waals surface area contributed by atoms with Gasteiger partial charge in [-0.2, -0.15) is 0 Å². The van der Waals surface area contributed by atoms with Crippen LogP contribution in [0.1, 0.15) is 79.1 Å². The van der Waals surface area contributed by atoms with Crippen LogP contribution in [0.25, 0.3) is 0 Å². The molecule has 0 aliphatic heterocycles. The molecule has 2 unspecified atom stereocenters. The smallest absolute Gasteiger partial charge is 0.316 e. The number of ether oxygens (including phenoxy) is 2. The van der Waals surface area contributed by atoms with E-state index >= 15 is 0 Å². The Morgan fingerprint density at radius 1 is 0.615 bits per heavy atom. The normalized spacial score (nSPS) is 12.9. The number of hydrogen-bond acceptors (Lipinski definition) is 6. The number of carbonyl (C=O) groups is 4. The monoisotopic (exact) mass is 370 g/mol. The first kappa shape index (κ1) is 24.3. The summed E-state index contributed by atoms with van der Waals surface area (Å²) in [7, 11) is 0. The maximum absolute atomic E-state index is 11.7. The van der Waals surface area contributed by atoms with Gasteiger partial charge in [-0.25, -0.2) is 0 Å². The number of carbonyl (C=O) groups excluding carboxylic acids is 4. The maximum Gasteiger partial charge on any atom is 0.316 e. The number of unbranched alkanes of at least 4 members (excludes halogenated alkanes) is 5. The first-order valence-electron chi connectivity index (χ1n) is 9.69. The van der Waals surface area contributed by atoms with Crippen molar-refractivity contribution >= 4 is 23.5 Å². The molecule has 0 aromatic carbocycles.